The van der Waals surface area contributed by atoms with Crippen molar-refractivity contribution in [3.05, 3.63) is 32.8 Å². The number of amides is 1. The number of hydrogen-bond donors (Lipinski definition) is 0. The lowest BCUT2D eigenvalue weighted by Crippen LogP contribution is -2.54. The van der Waals surface area contributed by atoms with E-state index in [9.17, 15) is 9.59 Å². The monoisotopic (exact) mass is 507 g/mol. The van der Waals surface area contributed by atoms with Gasteiger partial charge in [0.15, 0.2) is 6.79 Å². The highest BCUT2D eigenvalue weighted by Gasteiger charge is 2.57. The van der Waals surface area contributed by atoms with Crippen molar-refractivity contribution in [2.45, 2.75) is 71.1 Å². The molecule has 1 aliphatic heterocycles. The smallest absolute Gasteiger partial charge is 0.314 e. The first-order chi connectivity index (χ1) is 16.0. The third-order valence-electron chi connectivity index (χ3n) is 7.80. The van der Waals surface area contributed by atoms with Gasteiger partial charge in [-0.15, -0.1) is 12.3 Å². The number of terminal acetylenes is 1. The minimum Gasteiger partial charge on any atom is -0.438 e. The van der Waals surface area contributed by atoms with E-state index in [-0.39, 0.29) is 30.5 Å². The molecule has 0 saturated heterocycles. The van der Waals surface area contributed by atoms with Crippen molar-refractivity contribution >= 4 is 35.1 Å². The van der Waals surface area contributed by atoms with Gasteiger partial charge in [-0.2, -0.15) is 0 Å². The number of carbonyl (C=O) groups is 2. The Bertz CT molecular complexity index is 1000. The van der Waals surface area contributed by atoms with E-state index in [1.54, 1.807) is 0 Å². The van der Waals surface area contributed by atoms with Crippen LogP contribution in [0.2, 0.25) is 10.0 Å². The van der Waals surface area contributed by atoms with Crippen LogP contribution in [0.3, 0.4) is 0 Å². The fourth-order valence-corrected chi connectivity index (χ4v) is 6.94. The van der Waals surface area contributed by atoms with E-state index in [2.05, 4.69) is 12.8 Å². The Morgan fingerprint density at radius 3 is 2.65 bits per heavy atom. The summed E-state index contributed by atoms with van der Waals surface area (Å²) in [5.74, 6) is 2.09. The number of methoxy groups -OCH3 is 1. The zero-order valence-corrected chi connectivity index (χ0v) is 22.3. The summed E-state index contributed by atoms with van der Waals surface area (Å²) in [6.45, 7) is 8.92. The lowest BCUT2D eigenvalue weighted by atomic mass is 9.53. The second-order valence-electron chi connectivity index (χ2n) is 10.3. The number of halogens is 2. The van der Waals surface area contributed by atoms with Gasteiger partial charge in [0.2, 0.25) is 0 Å². The van der Waals surface area contributed by atoms with Crippen molar-refractivity contribution in [2.75, 3.05) is 27.0 Å². The average molecular weight is 508 g/mol. The topological polar surface area (TPSA) is 55.8 Å². The van der Waals surface area contributed by atoms with Crippen LogP contribution in [0.1, 0.15) is 87.2 Å². The lowest BCUT2D eigenvalue weighted by molar-refractivity contribution is -0.174. The molecule has 1 amide bonds. The molecule has 34 heavy (non-hydrogen) atoms. The Kier molecular flexibility index (Phi) is 8.28. The zero-order chi connectivity index (χ0) is 25.3. The number of ether oxygens (including phenoxy) is 2. The van der Waals surface area contributed by atoms with Gasteiger partial charge in [0.25, 0.3) is 5.91 Å². The minimum atomic E-state index is -0.798. The SMILES string of the molecule is C#CCCCN1C[C@H]2[C@](C)(C(=O)OCOC)CCC[C@]2(C)c2cc(Cl)c(C(C)C)c(Cl)c2C1=O. The molecule has 5 nitrogen and oxygen atoms in total. The van der Waals surface area contributed by atoms with Crippen LogP contribution >= 0.6 is 23.2 Å². The van der Waals surface area contributed by atoms with Gasteiger partial charge in [-0.25, -0.2) is 0 Å². The Labute approximate surface area is 213 Å². The van der Waals surface area contributed by atoms with Crippen LogP contribution in [0.4, 0.5) is 0 Å². The van der Waals surface area contributed by atoms with Crippen LogP contribution in [0.5, 0.6) is 0 Å². The first-order valence-corrected chi connectivity index (χ1v) is 12.7. The van der Waals surface area contributed by atoms with Gasteiger partial charge in [0.1, 0.15) is 0 Å². The molecule has 0 unspecified atom stereocenters. The van der Waals surface area contributed by atoms with E-state index < -0.39 is 10.8 Å². The van der Waals surface area contributed by atoms with Gasteiger partial charge in [0, 0.05) is 37.6 Å². The predicted octanol–water partition coefficient (Wildman–Crippen LogP) is 6.20. The van der Waals surface area contributed by atoms with Gasteiger partial charge in [-0.3, -0.25) is 9.59 Å². The van der Waals surface area contributed by atoms with E-state index in [4.69, 9.17) is 39.1 Å². The van der Waals surface area contributed by atoms with Gasteiger partial charge in [-0.05, 0) is 54.7 Å². The summed E-state index contributed by atoms with van der Waals surface area (Å²) in [5, 5.41) is 0.974. The van der Waals surface area contributed by atoms with E-state index >= 15 is 0 Å². The van der Waals surface area contributed by atoms with E-state index in [1.165, 1.54) is 7.11 Å². The number of esters is 1. The molecule has 3 atom stereocenters. The van der Waals surface area contributed by atoms with Crippen molar-refractivity contribution in [3.8, 4) is 12.3 Å². The molecule has 1 aromatic carbocycles. The number of unbranched alkanes of at least 4 members (excludes halogenated alkanes) is 1. The van der Waals surface area contributed by atoms with Crippen LogP contribution < -0.4 is 0 Å². The summed E-state index contributed by atoms with van der Waals surface area (Å²) in [7, 11) is 1.49. The molecular weight excluding hydrogens is 473 g/mol. The molecule has 0 radical (unpaired) electrons. The summed E-state index contributed by atoms with van der Waals surface area (Å²) in [5.41, 5.74) is 0.822. The summed E-state index contributed by atoms with van der Waals surface area (Å²) in [6.07, 6.45) is 9.02. The molecule has 0 aromatic heterocycles. The van der Waals surface area contributed by atoms with Crippen LogP contribution in [0, 0.1) is 23.7 Å². The molecule has 186 valence electrons. The molecule has 1 fully saturated rings. The minimum absolute atomic E-state index is 0.0560. The summed E-state index contributed by atoms with van der Waals surface area (Å²) in [6, 6.07) is 1.92. The normalized spacial score (nSPS) is 26.5. The Morgan fingerprint density at radius 1 is 1.32 bits per heavy atom. The van der Waals surface area contributed by atoms with Crippen molar-refractivity contribution in [1.82, 2.24) is 4.90 Å². The molecule has 2 aliphatic rings. The quantitative estimate of drug-likeness (QED) is 0.191. The van der Waals surface area contributed by atoms with E-state index in [0.29, 0.717) is 48.0 Å². The first-order valence-electron chi connectivity index (χ1n) is 11.9. The number of rotatable bonds is 7. The predicted molar refractivity (Wildman–Crippen MR) is 135 cm³/mol. The van der Waals surface area contributed by atoms with Gasteiger partial charge in [0.05, 0.1) is 16.0 Å². The summed E-state index contributed by atoms with van der Waals surface area (Å²) in [4.78, 5) is 29.2. The highest BCUT2D eigenvalue weighted by molar-refractivity contribution is 6.38. The highest BCUT2D eigenvalue weighted by atomic mass is 35.5. The second kappa shape index (κ2) is 10.5. The second-order valence-corrected chi connectivity index (χ2v) is 11.1. The van der Waals surface area contributed by atoms with Crippen LogP contribution in [-0.4, -0.2) is 43.8 Å². The molecule has 1 aliphatic carbocycles. The molecule has 1 aromatic rings. The standard InChI is InChI=1S/C27H35Cl2NO4/c1-7-8-9-13-30-15-20-26(4,11-10-12-27(20,5)25(32)34-16-33-6)18-14-19(28)21(17(2)3)23(29)22(18)24(30)31/h1,14,17,20H,8-13,15-16H2,2-6H3/t20-,26-,27-/m1/s1. The fourth-order valence-electron chi connectivity index (χ4n) is 5.97. The number of carbonyl (C=O) groups excluding carboxylic acids is 2. The third kappa shape index (κ3) is 4.57. The fraction of sp³-hybridized carbons (Fsp3) is 0.630. The molecule has 3 rings (SSSR count). The Hall–Kier alpha value is -1.74. The van der Waals surface area contributed by atoms with Gasteiger partial charge < -0.3 is 14.4 Å². The van der Waals surface area contributed by atoms with E-state index in [1.807, 2.05) is 31.7 Å². The molecule has 1 heterocycles. The van der Waals surface area contributed by atoms with Crippen molar-refractivity contribution in [2.24, 2.45) is 11.3 Å². The maximum atomic E-state index is 14.0. The zero-order valence-electron chi connectivity index (χ0n) is 20.8. The Morgan fingerprint density at radius 2 is 2.03 bits per heavy atom. The summed E-state index contributed by atoms with van der Waals surface area (Å²) < 4.78 is 10.5. The molecule has 0 bridgehead atoms. The first kappa shape index (κ1) is 26.9. The van der Waals surface area contributed by atoms with Crippen LogP contribution in [-0.2, 0) is 19.7 Å². The summed E-state index contributed by atoms with van der Waals surface area (Å²) >= 11 is 13.7. The molecule has 0 spiro atoms. The molecular formula is C27H35Cl2NO4. The van der Waals surface area contributed by atoms with E-state index in [0.717, 1.165) is 24.0 Å². The highest BCUT2D eigenvalue weighted by Crippen LogP contribution is 2.57. The van der Waals surface area contributed by atoms with Gasteiger partial charge in [-0.1, -0.05) is 50.4 Å². The third-order valence-corrected chi connectivity index (χ3v) is 8.51. The number of benzene rings is 1. The van der Waals surface area contributed by atoms with Crippen molar-refractivity contribution in [1.29, 1.82) is 0 Å². The number of hydrogen-bond acceptors (Lipinski definition) is 4. The Balaban J connectivity index is 2.24. The van der Waals surface area contributed by atoms with Crippen molar-refractivity contribution in [3.63, 3.8) is 0 Å². The van der Waals surface area contributed by atoms with Crippen LogP contribution in [0.15, 0.2) is 6.07 Å². The maximum absolute atomic E-state index is 14.0. The van der Waals surface area contributed by atoms with Crippen molar-refractivity contribution < 1.29 is 19.1 Å². The molecule has 7 heteroatoms. The molecule has 0 N–H and O–H groups in total. The maximum Gasteiger partial charge on any atom is 0.314 e. The van der Waals surface area contributed by atoms with Crippen LogP contribution in [0.25, 0.3) is 0 Å². The van der Waals surface area contributed by atoms with Gasteiger partial charge >= 0.3 is 5.97 Å². The number of fused-ring (bicyclic) bond motifs is 3. The molecule has 1 saturated carbocycles. The number of nitrogens with zero attached hydrogens (tertiary/aromatic N) is 1. The average Bonchev–Trinajstić information content (AvgIpc) is 2.86. The lowest BCUT2D eigenvalue weighted by Gasteiger charge is -2.51. The largest absolute Gasteiger partial charge is 0.438 e.